The summed E-state index contributed by atoms with van der Waals surface area (Å²) in [4.78, 5) is 0. The normalized spacial score (nSPS) is 12.1. The number of benzene rings is 2. The standard InChI is InChI=1S/C19H25NO/c1-4-16-9-11-17(12-10-16)13-15(2)20-14-18-7-5-6-8-19(18)21-3/h5-12,15,20H,4,13-14H2,1-3H3/t15-/m0/s1. The highest BCUT2D eigenvalue weighted by atomic mass is 16.5. The molecule has 0 saturated carbocycles. The van der Waals surface area contributed by atoms with Crippen LogP contribution in [0.25, 0.3) is 0 Å². The minimum absolute atomic E-state index is 0.433. The fourth-order valence-corrected chi connectivity index (χ4v) is 2.47. The minimum Gasteiger partial charge on any atom is -0.496 e. The van der Waals surface area contributed by atoms with Crippen molar-refractivity contribution in [2.45, 2.75) is 39.3 Å². The third-order valence-electron chi connectivity index (χ3n) is 3.81. The predicted octanol–water partition coefficient (Wildman–Crippen LogP) is 3.98. The molecule has 2 nitrogen and oxygen atoms in total. The fourth-order valence-electron chi connectivity index (χ4n) is 2.47. The van der Waals surface area contributed by atoms with E-state index < -0.39 is 0 Å². The smallest absolute Gasteiger partial charge is 0.123 e. The molecule has 0 radical (unpaired) electrons. The van der Waals surface area contributed by atoms with Crippen LogP contribution in [0.1, 0.15) is 30.5 Å². The Bertz CT molecular complexity index is 548. The van der Waals surface area contributed by atoms with E-state index in [2.05, 4.69) is 49.5 Å². The van der Waals surface area contributed by atoms with Gasteiger partial charge in [0.25, 0.3) is 0 Å². The molecule has 2 rings (SSSR count). The van der Waals surface area contributed by atoms with Crippen LogP contribution in [0.3, 0.4) is 0 Å². The van der Waals surface area contributed by atoms with Crippen molar-refractivity contribution >= 4 is 0 Å². The van der Waals surface area contributed by atoms with Crippen LogP contribution in [0.2, 0.25) is 0 Å². The molecule has 0 aromatic heterocycles. The highest BCUT2D eigenvalue weighted by Gasteiger charge is 2.06. The highest BCUT2D eigenvalue weighted by molar-refractivity contribution is 5.33. The molecule has 1 N–H and O–H groups in total. The predicted molar refractivity (Wildman–Crippen MR) is 88.8 cm³/mol. The summed E-state index contributed by atoms with van der Waals surface area (Å²) >= 11 is 0. The maximum atomic E-state index is 5.38. The van der Waals surface area contributed by atoms with Crippen molar-refractivity contribution in [2.75, 3.05) is 7.11 Å². The molecule has 0 amide bonds. The van der Waals surface area contributed by atoms with Gasteiger partial charge in [-0.15, -0.1) is 0 Å². The van der Waals surface area contributed by atoms with Gasteiger partial charge in [0.05, 0.1) is 7.11 Å². The van der Waals surface area contributed by atoms with Gasteiger partial charge in [-0.25, -0.2) is 0 Å². The Labute approximate surface area is 128 Å². The molecule has 2 heteroatoms. The lowest BCUT2D eigenvalue weighted by Crippen LogP contribution is -2.27. The number of para-hydroxylation sites is 1. The third kappa shape index (κ3) is 4.61. The molecular formula is C19H25NO. The van der Waals surface area contributed by atoms with E-state index in [4.69, 9.17) is 4.74 Å². The van der Waals surface area contributed by atoms with E-state index >= 15 is 0 Å². The van der Waals surface area contributed by atoms with Crippen molar-refractivity contribution in [1.29, 1.82) is 0 Å². The van der Waals surface area contributed by atoms with E-state index in [0.717, 1.165) is 25.1 Å². The number of aryl methyl sites for hydroxylation is 1. The van der Waals surface area contributed by atoms with E-state index in [1.807, 2.05) is 18.2 Å². The number of ether oxygens (including phenoxy) is 1. The number of nitrogens with one attached hydrogen (secondary N) is 1. The highest BCUT2D eigenvalue weighted by Crippen LogP contribution is 2.17. The van der Waals surface area contributed by atoms with E-state index in [1.54, 1.807) is 7.11 Å². The van der Waals surface area contributed by atoms with Crippen LogP contribution < -0.4 is 10.1 Å². The zero-order valence-corrected chi connectivity index (χ0v) is 13.2. The average Bonchev–Trinajstić information content (AvgIpc) is 2.54. The molecular weight excluding hydrogens is 258 g/mol. The van der Waals surface area contributed by atoms with Crippen LogP contribution in [0, 0.1) is 0 Å². The summed E-state index contributed by atoms with van der Waals surface area (Å²) in [6.45, 7) is 5.24. The summed E-state index contributed by atoms with van der Waals surface area (Å²) in [7, 11) is 1.72. The van der Waals surface area contributed by atoms with E-state index in [1.165, 1.54) is 16.7 Å². The van der Waals surface area contributed by atoms with Gasteiger partial charge in [-0.1, -0.05) is 49.4 Å². The second-order valence-electron chi connectivity index (χ2n) is 5.47. The summed E-state index contributed by atoms with van der Waals surface area (Å²) in [5.41, 5.74) is 3.98. The fraction of sp³-hybridized carbons (Fsp3) is 0.368. The van der Waals surface area contributed by atoms with Gasteiger partial charge in [0.15, 0.2) is 0 Å². The molecule has 2 aromatic carbocycles. The Hall–Kier alpha value is -1.80. The number of methoxy groups -OCH3 is 1. The Morgan fingerprint density at radius 3 is 2.33 bits per heavy atom. The third-order valence-corrected chi connectivity index (χ3v) is 3.81. The van der Waals surface area contributed by atoms with Crippen molar-refractivity contribution in [1.82, 2.24) is 5.32 Å². The summed E-state index contributed by atoms with van der Waals surface area (Å²) in [6.07, 6.45) is 2.14. The van der Waals surface area contributed by atoms with Gasteiger partial charge >= 0.3 is 0 Å². The van der Waals surface area contributed by atoms with E-state index in [9.17, 15) is 0 Å². The van der Waals surface area contributed by atoms with Crippen LogP contribution in [-0.4, -0.2) is 13.2 Å². The van der Waals surface area contributed by atoms with Crippen molar-refractivity contribution < 1.29 is 4.74 Å². The molecule has 0 saturated heterocycles. The quantitative estimate of drug-likeness (QED) is 0.830. The molecule has 0 aliphatic rings. The van der Waals surface area contributed by atoms with Gasteiger partial charge in [-0.3, -0.25) is 0 Å². The summed E-state index contributed by atoms with van der Waals surface area (Å²) < 4.78 is 5.38. The van der Waals surface area contributed by atoms with Crippen LogP contribution >= 0.6 is 0 Å². The monoisotopic (exact) mass is 283 g/mol. The number of rotatable bonds is 7. The zero-order valence-electron chi connectivity index (χ0n) is 13.2. The van der Waals surface area contributed by atoms with Crippen LogP contribution in [-0.2, 0) is 19.4 Å². The first-order valence-electron chi connectivity index (χ1n) is 7.66. The maximum absolute atomic E-state index is 5.38. The lowest BCUT2D eigenvalue weighted by atomic mass is 10.0. The average molecular weight is 283 g/mol. The molecule has 0 aliphatic carbocycles. The molecule has 2 aromatic rings. The Morgan fingerprint density at radius 1 is 1.00 bits per heavy atom. The number of hydrogen-bond donors (Lipinski definition) is 1. The SMILES string of the molecule is CCc1ccc(C[C@H](C)NCc2ccccc2OC)cc1. The number of hydrogen-bond acceptors (Lipinski definition) is 2. The van der Waals surface area contributed by atoms with Crippen LogP contribution in [0.4, 0.5) is 0 Å². The Morgan fingerprint density at radius 2 is 1.67 bits per heavy atom. The zero-order chi connectivity index (χ0) is 15.1. The summed E-state index contributed by atoms with van der Waals surface area (Å²) in [6, 6.07) is 17.5. The van der Waals surface area contributed by atoms with Gasteiger partial charge < -0.3 is 10.1 Å². The van der Waals surface area contributed by atoms with Gasteiger partial charge in [0.1, 0.15) is 5.75 Å². The molecule has 21 heavy (non-hydrogen) atoms. The first-order valence-corrected chi connectivity index (χ1v) is 7.66. The summed E-state index contributed by atoms with van der Waals surface area (Å²) in [5.74, 6) is 0.949. The van der Waals surface area contributed by atoms with Crippen LogP contribution in [0.5, 0.6) is 5.75 Å². The van der Waals surface area contributed by atoms with Gasteiger partial charge in [-0.2, -0.15) is 0 Å². The lowest BCUT2D eigenvalue weighted by Gasteiger charge is -2.15. The first kappa shape index (κ1) is 15.6. The van der Waals surface area contributed by atoms with E-state index in [0.29, 0.717) is 6.04 Å². The molecule has 0 unspecified atom stereocenters. The molecule has 0 spiro atoms. The molecule has 112 valence electrons. The van der Waals surface area contributed by atoms with Gasteiger partial charge in [0, 0.05) is 18.2 Å². The van der Waals surface area contributed by atoms with Crippen molar-refractivity contribution in [3.05, 3.63) is 65.2 Å². The Kier molecular flexibility index (Phi) is 5.82. The van der Waals surface area contributed by atoms with Gasteiger partial charge in [0.2, 0.25) is 0 Å². The molecule has 0 heterocycles. The van der Waals surface area contributed by atoms with Crippen LogP contribution in [0.15, 0.2) is 48.5 Å². The second-order valence-corrected chi connectivity index (χ2v) is 5.47. The summed E-state index contributed by atoms with van der Waals surface area (Å²) in [5, 5.41) is 3.57. The molecule has 0 fully saturated rings. The first-order chi connectivity index (χ1) is 10.2. The van der Waals surface area contributed by atoms with Crippen molar-refractivity contribution in [2.24, 2.45) is 0 Å². The molecule has 1 atom stereocenters. The van der Waals surface area contributed by atoms with Crippen molar-refractivity contribution in [3.63, 3.8) is 0 Å². The largest absolute Gasteiger partial charge is 0.496 e. The maximum Gasteiger partial charge on any atom is 0.123 e. The van der Waals surface area contributed by atoms with Gasteiger partial charge in [-0.05, 0) is 37.0 Å². The topological polar surface area (TPSA) is 21.3 Å². The van der Waals surface area contributed by atoms with Crippen molar-refractivity contribution in [3.8, 4) is 5.75 Å². The molecule has 0 bridgehead atoms. The van der Waals surface area contributed by atoms with E-state index in [-0.39, 0.29) is 0 Å². The Balaban J connectivity index is 1.87. The second kappa shape index (κ2) is 7.84. The lowest BCUT2D eigenvalue weighted by molar-refractivity contribution is 0.405. The minimum atomic E-state index is 0.433. The molecule has 0 aliphatic heterocycles.